The van der Waals surface area contributed by atoms with Crippen molar-refractivity contribution in [3.05, 3.63) is 83.6 Å². The highest BCUT2D eigenvalue weighted by Gasteiger charge is 2.32. The van der Waals surface area contributed by atoms with Crippen molar-refractivity contribution in [2.75, 3.05) is 18.0 Å². The zero-order chi connectivity index (χ0) is 22.1. The number of carbonyl (C=O) groups excluding carboxylic acids is 1. The van der Waals surface area contributed by atoms with E-state index in [0.29, 0.717) is 6.54 Å². The van der Waals surface area contributed by atoms with Gasteiger partial charge in [-0.2, -0.15) is 0 Å². The van der Waals surface area contributed by atoms with E-state index >= 15 is 0 Å². The van der Waals surface area contributed by atoms with Crippen LogP contribution in [-0.4, -0.2) is 36.2 Å². The van der Waals surface area contributed by atoms with Gasteiger partial charge in [-0.1, -0.05) is 42.5 Å². The number of carbonyl (C=O) groups is 1. The average Bonchev–Trinajstić information content (AvgIpc) is 2.80. The molecule has 2 atom stereocenters. The molecule has 6 nitrogen and oxygen atoms in total. The minimum absolute atomic E-state index is 0.0481. The number of hydrogen-bond acceptors (Lipinski definition) is 5. The van der Waals surface area contributed by atoms with Crippen molar-refractivity contribution in [1.29, 1.82) is 0 Å². The van der Waals surface area contributed by atoms with Gasteiger partial charge in [0.1, 0.15) is 17.3 Å². The molecule has 0 bridgehead atoms. The smallest absolute Gasteiger partial charge is 0.232 e. The van der Waals surface area contributed by atoms with Crippen LogP contribution in [0.4, 0.5) is 5.82 Å². The minimum Gasteiger partial charge on any atom is -0.457 e. The number of anilines is 1. The average molecular weight is 430 g/mol. The fourth-order valence-corrected chi connectivity index (χ4v) is 4.56. The number of nitrogens with one attached hydrogen (secondary N) is 1. The van der Waals surface area contributed by atoms with Crippen LogP contribution in [0.5, 0.6) is 11.5 Å². The van der Waals surface area contributed by atoms with Crippen molar-refractivity contribution >= 4 is 11.7 Å². The first-order chi connectivity index (χ1) is 15.6. The van der Waals surface area contributed by atoms with Crippen molar-refractivity contribution in [2.24, 2.45) is 0 Å². The van der Waals surface area contributed by atoms with Gasteiger partial charge in [0.05, 0.1) is 18.1 Å². The molecule has 1 saturated heterocycles. The molecule has 3 heterocycles. The topological polar surface area (TPSA) is 63.7 Å². The Morgan fingerprint density at radius 3 is 2.19 bits per heavy atom. The molecule has 1 N–H and O–H groups in total. The number of morpholine rings is 1. The maximum Gasteiger partial charge on any atom is 0.232 e. The number of ether oxygens (including phenoxy) is 2. The molecule has 2 unspecified atom stereocenters. The van der Waals surface area contributed by atoms with Crippen LogP contribution in [0.2, 0.25) is 0 Å². The third kappa shape index (κ3) is 4.06. The maximum absolute atomic E-state index is 13.3. The van der Waals surface area contributed by atoms with E-state index in [9.17, 15) is 4.79 Å². The molecular weight excluding hydrogens is 402 g/mol. The third-order valence-corrected chi connectivity index (χ3v) is 5.96. The largest absolute Gasteiger partial charge is 0.457 e. The summed E-state index contributed by atoms with van der Waals surface area (Å²) >= 11 is 0. The number of amides is 1. The molecular formula is C26H27N3O3. The summed E-state index contributed by atoms with van der Waals surface area (Å²) in [5, 5.41) is 3.10. The Hall–Kier alpha value is -3.38. The summed E-state index contributed by atoms with van der Waals surface area (Å²) in [7, 11) is 0. The first kappa shape index (κ1) is 20.5. The Morgan fingerprint density at radius 2 is 1.59 bits per heavy atom. The summed E-state index contributed by atoms with van der Waals surface area (Å²) < 4.78 is 11.8. The number of benzene rings is 2. The summed E-state index contributed by atoms with van der Waals surface area (Å²) in [6.45, 7) is 6.24. The van der Waals surface area contributed by atoms with Crippen LogP contribution in [0.15, 0.2) is 66.9 Å². The lowest BCUT2D eigenvalue weighted by Crippen LogP contribution is -2.45. The molecule has 3 aromatic rings. The molecule has 0 aliphatic carbocycles. The first-order valence-electron chi connectivity index (χ1n) is 11.1. The normalized spacial score (nSPS) is 20.1. The molecule has 2 aliphatic heterocycles. The van der Waals surface area contributed by atoms with Crippen LogP contribution in [0, 0.1) is 0 Å². The molecule has 5 rings (SSSR count). The van der Waals surface area contributed by atoms with Gasteiger partial charge in [-0.05, 0) is 37.6 Å². The van der Waals surface area contributed by atoms with E-state index in [2.05, 4.69) is 29.0 Å². The predicted octanol–water partition coefficient (Wildman–Crippen LogP) is 4.25. The molecule has 2 aliphatic rings. The van der Waals surface area contributed by atoms with Crippen molar-refractivity contribution in [2.45, 2.75) is 38.5 Å². The van der Waals surface area contributed by atoms with Crippen LogP contribution >= 0.6 is 0 Å². The zero-order valence-electron chi connectivity index (χ0n) is 18.3. The van der Waals surface area contributed by atoms with Gasteiger partial charge in [-0.25, -0.2) is 4.98 Å². The molecule has 1 aromatic heterocycles. The molecule has 1 amide bonds. The van der Waals surface area contributed by atoms with Gasteiger partial charge < -0.3 is 19.7 Å². The molecule has 32 heavy (non-hydrogen) atoms. The van der Waals surface area contributed by atoms with Gasteiger partial charge >= 0.3 is 0 Å². The molecule has 0 saturated carbocycles. The first-order valence-corrected chi connectivity index (χ1v) is 11.1. The van der Waals surface area contributed by atoms with Crippen LogP contribution in [0.3, 0.4) is 0 Å². The van der Waals surface area contributed by atoms with Gasteiger partial charge in [0.25, 0.3) is 0 Å². The van der Waals surface area contributed by atoms with E-state index in [4.69, 9.17) is 9.47 Å². The second kappa shape index (κ2) is 8.63. The van der Waals surface area contributed by atoms with Crippen molar-refractivity contribution < 1.29 is 14.3 Å². The van der Waals surface area contributed by atoms with E-state index in [0.717, 1.165) is 47.1 Å². The number of rotatable bonds is 4. The molecule has 0 radical (unpaired) electrons. The second-order valence-electron chi connectivity index (χ2n) is 8.52. The predicted molar refractivity (Wildman–Crippen MR) is 123 cm³/mol. The number of aromatic nitrogens is 1. The Kier molecular flexibility index (Phi) is 5.53. The maximum atomic E-state index is 13.3. The van der Waals surface area contributed by atoms with Crippen LogP contribution in [0.25, 0.3) is 0 Å². The number of pyridine rings is 1. The number of hydrogen-bond donors (Lipinski definition) is 1. The van der Waals surface area contributed by atoms with Crippen molar-refractivity contribution in [1.82, 2.24) is 10.3 Å². The monoisotopic (exact) mass is 429 g/mol. The molecule has 2 aromatic carbocycles. The Bertz CT molecular complexity index is 1060. The van der Waals surface area contributed by atoms with Gasteiger partial charge in [0, 0.05) is 37.0 Å². The van der Waals surface area contributed by atoms with Crippen molar-refractivity contribution in [3.8, 4) is 11.5 Å². The molecule has 1 fully saturated rings. The second-order valence-corrected chi connectivity index (χ2v) is 8.52. The van der Waals surface area contributed by atoms with E-state index in [1.807, 2.05) is 66.9 Å². The van der Waals surface area contributed by atoms with E-state index < -0.39 is 5.92 Å². The Morgan fingerprint density at radius 1 is 0.969 bits per heavy atom. The van der Waals surface area contributed by atoms with Crippen LogP contribution in [-0.2, 0) is 16.1 Å². The highest BCUT2D eigenvalue weighted by Crippen LogP contribution is 2.43. The van der Waals surface area contributed by atoms with Gasteiger partial charge in [0.15, 0.2) is 0 Å². The molecule has 0 spiro atoms. The van der Waals surface area contributed by atoms with E-state index in [-0.39, 0.29) is 18.1 Å². The van der Waals surface area contributed by atoms with Crippen molar-refractivity contribution in [3.63, 3.8) is 0 Å². The number of nitrogens with zero attached hydrogens (tertiary/aromatic N) is 2. The lowest BCUT2D eigenvalue weighted by Gasteiger charge is -2.36. The Labute approximate surface area is 188 Å². The quantitative estimate of drug-likeness (QED) is 0.672. The minimum atomic E-state index is -0.403. The number of fused-ring (bicyclic) bond motifs is 2. The highest BCUT2D eigenvalue weighted by molar-refractivity contribution is 5.89. The lowest BCUT2D eigenvalue weighted by atomic mass is 9.87. The SMILES string of the molecule is CC1CN(c2ccc(CNC(=O)C3c4ccccc4Oc4ccccc43)cn2)CC(C)O1. The summed E-state index contributed by atoms with van der Waals surface area (Å²) in [4.78, 5) is 20.2. The summed E-state index contributed by atoms with van der Waals surface area (Å²) in [5.74, 6) is 1.94. The van der Waals surface area contributed by atoms with E-state index in [1.165, 1.54) is 0 Å². The fraction of sp³-hybridized carbons (Fsp3) is 0.308. The lowest BCUT2D eigenvalue weighted by molar-refractivity contribution is -0.122. The summed E-state index contributed by atoms with van der Waals surface area (Å²) in [6.07, 6.45) is 2.21. The number of para-hydroxylation sites is 2. The summed E-state index contributed by atoms with van der Waals surface area (Å²) in [5.41, 5.74) is 2.73. The van der Waals surface area contributed by atoms with Crippen LogP contribution < -0.4 is 15.0 Å². The third-order valence-electron chi connectivity index (χ3n) is 5.96. The van der Waals surface area contributed by atoms with Gasteiger partial charge in [-0.3, -0.25) is 4.79 Å². The molecule has 164 valence electrons. The highest BCUT2D eigenvalue weighted by atomic mass is 16.5. The van der Waals surface area contributed by atoms with Gasteiger partial charge in [0.2, 0.25) is 5.91 Å². The zero-order valence-corrected chi connectivity index (χ0v) is 18.3. The molecule has 6 heteroatoms. The van der Waals surface area contributed by atoms with E-state index in [1.54, 1.807) is 0 Å². The standard InChI is InChI=1S/C26H27N3O3/c1-17-15-29(16-18(2)31-17)24-12-11-19(13-27-24)14-28-26(30)25-20-7-3-5-9-22(20)32-23-10-6-4-8-21(23)25/h3-13,17-18,25H,14-16H2,1-2H3,(H,28,30). The summed E-state index contributed by atoms with van der Waals surface area (Å²) in [6, 6.07) is 19.5. The van der Waals surface area contributed by atoms with Gasteiger partial charge in [-0.15, -0.1) is 0 Å². The van der Waals surface area contributed by atoms with Crippen LogP contribution in [0.1, 0.15) is 36.5 Å². The fourth-order valence-electron chi connectivity index (χ4n) is 4.56. The Balaban J connectivity index is 1.29.